The van der Waals surface area contributed by atoms with E-state index in [1.165, 1.54) is 25.7 Å². The lowest BCUT2D eigenvalue weighted by atomic mass is 10.4. The molecule has 16 heavy (non-hydrogen) atoms. The van der Waals surface area contributed by atoms with E-state index in [0.29, 0.717) is 16.8 Å². The van der Waals surface area contributed by atoms with Gasteiger partial charge in [-0.05, 0) is 19.8 Å². The number of halogens is 2. The molecule has 1 aromatic heterocycles. The van der Waals surface area contributed by atoms with Crippen molar-refractivity contribution in [1.82, 2.24) is 9.97 Å². The fraction of sp³-hybridized carbons (Fsp3) is 0.636. The normalized spacial score (nSPS) is 16.9. The lowest BCUT2D eigenvalue weighted by Crippen LogP contribution is -2.02. The van der Waals surface area contributed by atoms with E-state index in [2.05, 4.69) is 9.97 Å². The quantitative estimate of drug-likeness (QED) is 0.774. The van der Waals surface area contributed by atoms with Crippen molar-refractivity contribution >= 4 is 23.4 Å². The number of nitrogens with zero attached hydrogens (tertiary/aromatic N) is 2. The lowest BCUT2D eigenvalue weighted by Gasteiger charge is -2.08. The first kappa shape index (κ1) is 12.1. The third-order valence-corrected chi connectivity index (χ3v) is 4.39. The largest absolute Gasteiger partial charge is 0.234 e. The summed E-state index contributed by atoms with van der Waals surface area (Å²) in [6, 6.07) is 0. The molecule has 0 aliphatic heterocycles. The van der Waals surface area contributed by atoms with Crippen molar-refractivity contribution in [3.8, 4) is 0 Å². The van der Waals surface area contributed by atoms with Crippen molar-refractivity contribution in [3.05, 3.63) is 22.5 Å². The number of aromatic nitrogens is 2. The van der Waals surface area contributed by atoms with Crippen LogP contribution in [0.4, 0.5) is 4.39 Å². The van der Waals surface area contributed by atoms with Gasteiger partial charge in [-0.2, -0.15) is 11.8 Å². The van der Waals surface area contributed by atoms with Gasteiger partial charge in [0.2, 0.25) is 0 Å². The molecule has 0 aromatic carbocycles. The monoisotopic (exact) mass is 260 g/mol. The third kappa shape index (κ3) is 2.86. The highest BCUT2D eigenvalue weighted by Crippen LogP contribution is 2.31. The molecule has 1 aromatic rings. The molecule has 0 saturated heterocycles. The van der Waals surface area contributed by atoms with E-state index in [1.807, 2.05) is 11.8 Å². The highest BCUT2D eigenvalue weighted by atomic mass is 35.5. The zero-order chi connectivity index (χ0) is 11.5. The van der Waals surface area contributed by atoms with Crippen LogP contribution in [0.25, 0.3) is 0 Å². The minimum Gasteiger partial charge on any atom is -0.234 e. The molecule has 1 aliphatic rings. The number of thioether (sulfide) groups is 1. The van der Waals surface area contributed by atoms with E-state index in [0.717, 1.165) is 5.75 Å². The minimum atomic E-state index is -0.503. The van der Waals surface area contributed by atoms with Gasteiger partial charge in [-0.1, -0.05) is 24.4 Å². The highest BCUT2D eigenvalue weighted by Gasteiger charge is 2.16. The van der Waals surface area contributed by atoms with Gasteiger partial charge in [0.25, 0.3) is 0 Å². The van der Waals surface area contributed by atoms with Gasteiger partial charge in [-0.25, -0.2) is 14.4 Å². The van der Waals surface area contributed by atoms with Crippen molar-refractivity contribution in [2.45, 2.75) is 43.6 Å². The zero-order valence-electron chi connectivity index (χ0n) is 9.17. The summed E-state index contributed by atoms with van der Waals surface area (Å²) in [6.45, 7) is 1.62. The van der Waals surface area contributed by atoms with Gasteiger partial charge in [0.1, 0.15) is 5.82 Å². The molecule has 0 atom stereocenters. The predicted molar refractivity (Wildman–Crippen MR) is 65.3 cm³/mol. The van der Waals surface area contributed by atoms with Gasteiger partial charge >= 0.3 is 0 Å². The molecule has 1 aliphatic carbocycles. The third-order valence-electron chi connectivity index (χ3n) is 2.77. The van der Waals surface area contributed by atoms with Gasteiger partial charge < -0.3 is 0 Å². The molecule has 0 N–H and O–H groups in total. The lowest BCUT2D eigenvalue weighted by molar-refractivity contribution is 0.598. The second-order valence-electron chi connectivity index (χ2n) is 4.05. The number of aryl methyl sites for hydroxylation is 1. The Morgan fingerprint density at radius 1 is 1.38 bits per heavy atom. The SMILES string of the molecule is Cc1nc(CSC2CCCC2)nc(Cl)c1F. The van der Waals surface area contributed by atoms with Gasteiger partial charge in [0, 0.05) is 5.25 Å². The summed E-state index contributed by atoms with van der Waals surface area (Å²) in [7, 11) is 0. The summed E-state index contributed by atoms with van der Waals surface area (Å²) in [5.74, 6) is 0.864. The van der Waals surface area contributed by atoms with Crippen LogP contribution in [-0.2, 0) is 5.75 Å². The molecule has 1 heterocycles. The maximum Gasteiger partial charge on any atom is 0.181 e. The van der Waals surface area contributed by atoms with Gasteiger partial charge in [0.05, 0.1) is 11.4 Å². The van der Waals surface area contributed by atoms with Crippen LogP contribution < -0.4 is 0 Å². The van der Waals surface area contributed by atoms with Crippen LogP contribution in [0.3, 0.4) is 0 Å². The molecule has 1 saturated carbocycles. The molecule has 0 spiro atoms. The summed E-state index contributed by atoms with van der Waals surface area (Å²) in [6.07, 6.45) is 5.20. The number of hydrogen-bond acceptors (Lipinski definition) is 3. The Balaban J connectivity index is 1.98. The summed E-state index contributed by atoms with van der Waals surface area (Å²) in [4.78, 5) is 8.06. The molecule has 88 valence electrons. The first-order valence-corrected chi connectivity index (χ1v) is 6.89. The van der Waals surface area contributed by atoms with Crippen LogP contribution in [0.5, 0.6) is 0 Å². The molecule has 2 rings (SSSR count). The molecule has 2 nitrogen and oxygen atoms in total. The van der Waals surface area contributed by atoms with Crippen LogP contribution >= 0.6 is 23.4 Å². The van der Waals surface area contributed by atoms with Crippen molar-refractivity contribution in [2.24, 2.45) is 0 Å². The Kier molecular flexibility index (Phi) is 4.03. The molecule has 1 fully saturated rings. The Morgan fingerprint density at radius 2 is 2.06 bits per heavy atom. The Hall–Kier alpha value is -0.350. The minimum absolute atomic E-state index is 0.0606. The standard InChI is InChI=1S/C11H14ClFN2S/c1-7-10(13)11(12)15-9(14-7)6-16-8-4-2-3-5-8/h8H,2-6H2,1H3. The predicted octanol–water partition coefficient (Wildman–Crippen LogP) is 3.75. The Labute approximate surface area is 104 Å². The highest BCUT2D eigenvalue weighted by molar-refractivity contribution is 7.99. The molecule has 0 radical (unpaired) electrons. The molecule has 5 heteroatoms. The van der Waals surface area contributed by atoms with Crippen LogP contribution in [-0.4, -0.2) is 15.2 Å². The summed E-state index contributed by atoms with van der Waals surface area (Å²) in [5, 5.41) is 0.655. The fourth-order valence-electron chi connectivity index (χ4n) is 1.89. The maximum absolute atomic E-state index is 13.2. The summed E-state index contributed by atoms with van der Waals surface area (Å²) >= 11 is 7.53. The molecule has 0 amide bonds. The number of rotatable bonds is 3. The van der Waals surface area contributed by atoms with Gasteiger partial charge in [-0.3, -0.25) is 0 Å². The van der Waals surface area contributed by atoms with Crippen molar-refractivity contribution in [3.63, 3.8) is 0 Å². The molecular formula is C11H14ClFN2S. The first-order valence-electron chi connectivity index (χ1n) is 5.47. The van der Waals surface area contributed by atoms with E-state index in [9.17, 15) is 4.39 Å². The zero-order valence-corrected chi connectivity index (χ0v) is 10.7. The topological polar surface area (TPSA) is 25.8 Å². The van der Waals surface area contributed by atoms with Crippen molar-refractivity contribution in [2.75, 3.05) is 0 Å². The maximum atomic E-state index is 13.2. The van der Waals surface area contributed by atoms with E-state index >= 15 is 0 Å². The van der Waals surface area contributed by atoms with Crippen LogP contribution in [0, 0.1) is 12.7 Å². The average Bonchev–Trinajstić information content (AvgIpc) is 2.75. The second-order valence-corrected chi connectivity index (χ2v) is 5.69. The average molecular weight is 261 g/mol. The first-order chi connectivity index (χ1) is 7.66. The fourth-order valence-corrected chi connectivity index (χ4v) is 3.31. The summed E-state index contributed by atoms with van der Waals surface area (Å²) in [5.41, 5.74) is 0.335. The Bertz CT molecular complexity index is 357. The van der Waals surface area contributed by atoms with E-state index in [-0.39, 0.29) is 5.15 Å². The van der Waals surface area contributed by atoms with E-state index < -0.39 is 5.82 Å². The van der Waals surface area contributed by atoms with Crippen LogP contribution in [0.2, 0.25) is 5.15 Å². The van der Waals surface area contributed by atoms with Gasteiger partial charge in [0.15, 0.2) is 11.0 Å². The smallest absolute Gasteiger partial charge is 0.181 e. The van der Waals surface area contributed by atoms with Crippen LogP contribution in [0.1, 0.15) is 37.2 Å². The summed E-state index contributed by atoms with van der Waals surface area (Å²) < 4.78 is 13.2. The second kappa shape index (κ2) is 5.32. The van der Waals surface area contributed by atoms with E-state index in [1.54, 1.807) is 6.92 Å². The number of hydrogen-bond donors (Lipinski definition) is 0. The van der Waals surface area contributed by atoms with Gasteiger partial charge in [-0.15, -0.1) is 0 Å². The van der Waals surface area contributed by atoms with Crippen molar-refractivity contribution < 1.29 is 4.39 Å². The van der Waals surface area contributed by atoms with E-state index in [4.69, 9.17) is 11.6 Å². The molecular weight excluding hydrogens is 247 g/mol. The van der Waals surface area contributed by atoms with Crippen molar-refractivity contribution in [1.29, 1.82) is 0 Å². The molecule has 0 unspecified atom stereocenters. The Morgan fingerprint density at radius 3 is 2.69 bits per heavy atom. The van der Waals surface area contributed by atoms with Crippen LogP contribution in [0.15, 0.2) is 0 Å². The molecule has 0 bridgehead atoms.